The summed E-state index contributed by atoms with van der Waals surface area (Å²) in [4.78, 5) is 1.46. The summed E-state index contributed by atoms with van der Waals surface area (Å²) in [6.45, 7) is 3.25. The van der Waals surface area contributed by atoms with Crippen LogP contribution >= 0.6 is 43.2 Å². The summed E-state index contributed by atoms with van der Waals surface area (Å²) in [5, 5.41) is 3.68. The monoisotopic (exact) mass is 407 g/mol. The molecule has 2 rings (SSSR count). The fourth-order valence-electron chi connectivity index (χ4n) is 3.01. The van der Waals surface area contributed by atoms with E-state index in [9.17, 15) is 0 Å². The highest BCUT2D eigenvalue weighted by molar-refractivity contribution is 9.13. The van der Waals surface area contributed by atoms with E-state index >= 15 is 0 Å². The lowest BCUT2D eigenvalue weighted by atomic mass is 9.92. The minimum absolute atomic E-state index is 0.528. The van der Waals surface area contributed by atoms with Gasteiger partial charge in [-0.15, -0.1) is 11.3 Å². The molecule has 0 bridgehead atoms. The molecule has 4 heteroatoms. The van der Waals surface area contributed by atoms with Crippen LogP contribution in [-0.2, 0) is 0 Å². The summed E-state index contributed by atoms with van der Waals surface area (Å²) in [6, 6.07) is 2.80. The molecule has 0 aliphatic heterocycles. The molecule has 108 valence electrons. The number of halogens is 2. The Morgan fingerprint density at radius 3 is 2.47 bits per heavy atom. The van der Waals surface area contributed by atoms with E-state index in [1.807, 2.05) is 11.3 Å². The standard InChI is InChI=1S/C15H23Br2NS/c1-2-18-13(14-10-12(16)15(17)19-14)9-11-7-5-3-4-6-8-11/h10-11,13,18H,2-9H2,1H3. The second-order valence-electron chi connectivity index (χ2n) is 5.47. The van der Waals surface area contributed by atoms with Crippen LogP contribution in [0.5, 0.6) is 0 Å². The molecule has 1 aromatic rings. The SMILES string of the molecule is CCNC(CC1CCCCCC1)c1cc(Br)c(Br)s1. The van der Waals surface area contributed by atoms with Gasteiger partial charge in [-0.3, -0.25) is 0 Å². The zero-order chi connectivity index (χ0) is 13.7. The van der Waals surface area contributed by atoms with Gasteiger partial charge in [0.25, 0.3) is 0 Å². The van der Waals surface area contributed by atoms with Crippen molar-refractivity contribution in [1.29, 1.82) is 0 Å². The first-order chi connectivity index (χ1) is 9.20. The average Bonchev–Trinajstić information content (AvgIpc) is 2.60. The fraction of sp³-hybridized carbons (Fsp3) is 0.733. The van der Waals surface area contributed by atoms with Gasteiger partial charge in [0.05, 0.1) is 3.79 Å². The summed E-state index contributed by atoms with van der Waals surface area (Å²) < 4.78 is 2.41. The van der Waals surface area contributed by atoms with Crippen molar-refractivity contribution in [2.45, 2.75) is 57.9 Å². The van der Waals surface area contributed by atoms with Crippen molar-refractivity contribution in [2.75, 3.05) is 6.54 Å². The Morgan fingerprint density at radius 1 is 1.26 bits per heavy atom. The normalized spacial score (nSPS) is 19.3. The van der Waals surface area contributed by atoms with Crippen LogP contribution in [0.4, 0.5) is 0 Å². The quantitative estimate of drug-likeness (QED) is 0.564. The van der Waals surface area contributed by atoms with Crippen LogP contribution in [-0.4, -0.2) is 6.54 Å². The average molecular weight is 409 g/mol. The van der Waals surface area contributed by atoms with E-state index in [4.69, 9.17) is 0 Å². The molecule has 0 radical (unpaired) electrons. The van der Waals surface area contributed by atoms with E-state index in [-0.39, 0.29) is 0 Å². The summed E-state index contributed by atoms with van der Waals surface area (Å²) >= 11 is 9.09. The molecule has 1 nitrogen and oxygen atoms in total. The predicted molar refractivity (Wildman–Crippen MR) is 91.9 cm³/mol. The number of hydrogen-bond donors (Lipinski definition) is 1. The van der Waals surface area contributed by atoms with E-state index in [1.165, 1.54) is 58.1 Å². The lowest BCUT2D eigenvalue weighted by Gasteiger charge is -2.22. The van der Waals surface area contributed by atoms with Gasteiger partial charge in [0.1, 0.15) is 0 Å². The molecule has 1 aliphatic carbocycles. The fourth-order valence-corrected chi connectivity index (χ4v) is 5.19. The van der Waals surface area contributed by atoms with Gasteiger partial charge in [0.2, 0.25) is 0 Å². The molecule has 0 amide bonds. The van der Waals surface area contributed by atoms with Crippen molar-refractivity contribution in [3.05, 3.63) is 19.2 Å². The third-order valence-corrected chi connectivity index (χ3v) is 7.37. The van der Waals surface area contributed by atoms with Crippen molar-refractivity contribution in [1.82, 2.24) is 5.32 Å². The first-order valence-corrected chi connectivity index (χ1v) is 9.79. The minimum Gasteiger partial charge on any atom is -0.310 e. The first-order valence-electron chi connectivity index (χ1n) is 7.38. The summed E-state index contributed by atoms with van der Waals surface area (Å²) in [6.07, 6.45) is 9.90. The summed E-state index contributed by atoms with van der Waals surface area (Å²) in [7, 11) is 0. The van der Waals surface area contributed by atoms with Crippen molar-refractivity contribution < 1.29 is 0 Å². The van der Waals surface area contributed by atoms with Gasteiger partial charge in [-0.1, -0.05) is 45.4 Å². The minimum atomic E-state index is 0.528. The van der Waals surface area contributed by atoms with Crippen molar-refractivity contribution in [2.24, 2.45) is 5.92 Å². The zero-order valence-corrected chi connectivity index (χ0v) is 15.5. The Morgan fingerprint density at radius 2 is 1.95 bits per heavy atom. The maximum absolute atomic E-state index is 3.68. The Balaban J connectivity index is 2.02. The molecule has 1 unspecified atom stereocenters. The van der Waals surface area contributed by atoms with Crippen molar-refractivity contribution in [3.63, 3.8) is 0 Å². The highest BCUT2D eigenvalue weighted by Gasteiger charge is 2.21. The number of rotatable bonds is 5. The maximum Gasteiger partial charge on any atom is 0.0843 e. The van der Waals surface area contributed by atoms with Crippen LogP contribution in [0.25, 0.3) is 0 Å². The number of hydrogen-bond acceptors (Lipinski definition) is 2. The Hall–Kier alpha value is 0.620. The second kappa shape index (κ2) is 8.16. The Kier molecular flexibility index (Phi) is 6.87. The van der Waals surface area contributed by atoms with E-state index in [0.717, 1.165) is 12.5 Å². The van der Waals surface area contributed by atoms with Gasteiger partial charge in [-0.05, 0) is 56.8 Å². The lowest BCUT2D eigenvalue weighted by molar-refractivity contribution is 0.362. The van der Waals surface area contributed by atoms with Crippen molar-refractivity contribution in [3.8, 4) is 0 Å². The number of thiophene rings is 1. The van der Waals surface area contributed by atoms with Gasteiger partial charge in [0.15, 0.2) is 0 Å². The van der Waals surface area contributed by atoms with E-state index in [2.05, 4.69) is 50.2 Å². The molecule has 1 aromatic heterocycles. The topological polar surface area (TPSA) is 12.0 Å². The molecule has 1 N–H and O–H groups in total. The van der Waals surface area contributed by atoms with Crippen LogP contribution in [0.1, 0.15) is 62.8 Å². The van der Waals surface area contributed by atoms with Gasteiger partial charge >= 0.3 is 0 Å². The smallest absolute Gasteiger partial charge is 0.0843 e. The van der Waals surface area contributed by atoms with Crippen molar-refractivity contribution >= 4 is 43.2 Å². The molecule has 1 saturated carbocycles. The van der Waals surface area contributed by atoms with Crippen LogP contribution in [0.15, 0.2) is 14.3 Å². The third kappa shape index (κ3) is 4.83. The molecule has 0 aromatic carbocycles. The molecule has 1 heterocycles. The first kappa shape index (κ1) is 16.0. The van der Waals surface area contributed by atoms with Gasteiger partial charge in [0, 0.05) is 15.4 Å². The highest BCUT2D eigenvalue weighted by Crippen LogP contribution is 2.39. The molecule has 0 saturated heterocycles. The van der Waals surface area contributed by atoms with Gasteiger partial charge < -0.3 is 5.32 Å². The van der Waals surface area contributed by atoms with Gasteiger partial charge in [-0.25, -0.2) is 0 Å². The molecule has 0 spiro atoms. The predicted octanol–water partition coefficient (Wildman–Crippen LogP) is 6.28. The van der Waals surface area contributed by atoms with Crippen LogP contribution in [0.2, 0.25) is 0 Å². The largest absolute Gasteiger partial charge is 0.310 e. The Bertz CT molecular complexity index is 364. The van der Waals surface area contributed by atoms with Gasteiger partial charge in [-0.2, -0.15) is 0 Å². The summed E-state index contributed by atoms with van der Waals surface area (Å²) in [5.74, 6) is 0.909. The molecule has 19 heavy (non-hydrogen) atoms. The van der Waals surface area contributed by atoms with Crippen LogP contribution in [0.3, 0.4) is 0 Å². The molecule has 1 aliphatic rings. The maximum atomic E-state index is 3.68. The van der Waals surface area contributed by atoms with E-state index in [0.29, 0.717) is 6.04 Å². The zero-order valence-electron chi connectivity index (χ0n) is 11.6. The highest BCUT2D eigenvalue weighted by atomic mass is 79.9. The Labute approximate surface area is 137 Å². The number of nitrogens with one attached hydrogen (secondary N) is 1. The van der Waals surface area contributed by atoms with Crippen LogP contribution in [0, 0.1) is 5.92 Å². The molecule has 1 fully saturated rings. The molecular formula is C15H23Br2NS. The lowest BCUT2D eigenvalue weighted by Crippen LogP contribution is -2.22. The molecule has 1 atom stereocenters. The summed E-state index contributed by atoms with van der Waals surface area (Å²) in [5.41, 5.74) is 0. The van der Waals surface area contributed by atoms with Crippen LogP contribution < -0.4 is 5.32 Å². The van der Waals surface area contributed by atoms with E-state index in [1.54, 1.807) is 0 Å². The third-order valence-electron chi connectivity index (χ3n) is 4.00. The van der Waals surface area contributed by atoms with E-state index < -0.39 is 0 Å². The molecular weight excluding hydrogens is 386 g/mol. The second-order valence-corrected chi connectivity index (χ2v) is 8.73.